The summed E-state index contributed by atoms with van der Waals surface area (Å²) in [5.41, 5.74) is 1.47. The number of carbonyl (C=O) groups is 1. The summed E-state index contributed by atoms with van der Waals surface area (Å²) in [7, 11) is 3.29. The van der Waals surface area contributed by atoms with E-state index >= 15 is 0 Å². The van der Waals surface area contributed by atoms with Crippen LogP contribution in [0.5, 0.6) is 11.5 Å². The first kappa shape index (κ1) is 17.3. The van der Waals surface area contributed by atoms with Gasteiger partial charge in [0.25, 0.3) is 5.91 Å². The summed E-state index contributed by atoms with van der Waals surface area (Å²) in [6, 6.07) is 5.97. The molecule has 1 aromatic heterocycles. The van der Waals surface area contributed by atoms with Crippen molar-refractivity contribution in [2.45, 2.75) is 38.8 Å². The number of hydrogen-bond donors (Lipinski definition) is 0. The second-order valence-electron chi connectivity index (χ2n) is 6.56. The second-order valence-corrected chi connectivity index (χ2v) is 6.56. The van der Waals surface area contributed by atoms with Crippen LogP contribution in [0.15, 0.2) is 30.7 Å². The Morgan fingerprint density at radius 3 is 2.72 bits per heavy atom. The van der Waals surface area contributed by atoms with E-state index in [2.05, 4.69) is 18.8 Å². The monoisotopic (exact) mass is 343 g/mol. The van der Waals surface area contributed by atoms with E-state index < -0.39 is 0 Å². The van der Waals surface area contributed by atoms with Crippen molar-refractivity contribution < 1.29 is 14.3 Å². The van der Waals surface area contributed by atoms with Crippen LogP contribution in [-0.4, -0.2) is 41.1 Å². The van der Waals surface area contributed by atoms with Gasteiger partial charge in [-0.3, -0.25) is 4.79 Å². The zero-order chi connectivity index (χ0) is 18.0. The fourth-order valence-corrected chi connectivity index (χ4v) is 3.31. The minimum atomic E-state index is -0.0354. The number of aromatic nitrogens is 2. The van der Waals surface area contributed by atoms with Crippen LogP contribution < -0.4 is 9.47 Å². The van der Waals surface area contributed by atoms with Gasteiger partial charge < -0.3 is 18.9 Å². The van der Waals surface area contributed by atoms with E-state index in [1.54, 1.807) is 20.5 Å². The summed E-state index contributed by atoms with van der Waals surface area (Å²) >= 11 is 0. The molecule has 1 aliphatic rings. The fourth-order valence-electron chi connectivity index (χ4n) is 3.31. The molecular weight excluding hydrogens is 318 g/mol. The number of amides is 1. The second kappa shape index (κ2) is 7.17. The van der Waals surface area contributed by atoms with Crippen LogP contribution in [0.2, 0.25) is 0 Å². The van der Waals surface area contributed by atoms with Crippen molar-refractivity contribution in [1.29, 1.82) is 0 Å². The number of likely N-dealkylation sites (tertiary alicyclic amines) is 1. The summed E-state index contributed by atoms with van der Waals surface area (Å²) in [6.07, 6.45) is 5.40. The average molecular weight is 343 g/mol. The molecule has 0 spiro atoms. The largest absolute Gasteiger partial charge is 0.497 e. The molecule has 2 heterocycles. The van der Waals surface area contributed by atoms with Crippen LogP contribution in [0.3, 0.4) is 0 Å². The summed E-state index contributed by atoms with van der Waals surface area (Å²) in [5.74, 6) is 1.50. The van der Waals surface area contributed by atoms with E-state index in [9.17, 15) is 4.79 Å². The van der Waals surface area contributed by atoms with E-state index in [1.807, 2.05) is 33.9 Å². The predicted octanol–water partition coefficient (Wildman–Crippen LogP) is 3.46. The Bertz CT molecular complexity index is 754. The maximum atomic E-state index is 13.0. The van der Waals surface area contributed by atoms with Gasteiger partial charge >= 0.3 is 0 Å². The lowest BCUT2D eigenvalue weighted by Crippen LogP contribution is -2.31. The smallest absolute Gasteiger partial charge is 0.274 e. The molecule has 6 nitrogen and oxygen atoms in total. The number of ether oxygens (including phenoxy) is 2. The number of benzene rings is 1. The summed E-state index contributed by atoms with van der Waals surface area (Å²) < 4.78 is 12.8. The predicted molar refractivity (Wildman–Crippen MR) is 95.2 cm³/mol. The van der Waals surface area contributed by atoms with Gasteiger partial charge in [0.15, 0.2) is 0 Å². The van der Waals surface area contributed by atoms with Crippen molar-refractivity contribution in [2.75, 3.05) is 20.8 Å². The van der Waals surface area contributed by atoms with Crippen LogP contribution >= 0.6 is 0 Å². The van der Waals surface area contributed by atoms with Crippen molar-refractivity contribution in [1.82, 2.24) is 14.5 Å². The maximum Gasteiger partial charge on any atom is 0.274 e. The van der Waals surface area contributed by atoms with Gasteiger partial charge in [0.05, 0.1) is 26.6 Å². The van der Waals surface area contributed by atoms with Crippen molar-refractivity contribution in [3.63, 3.8) is 0 Å². The Balaban J connectivity index is 1.91. The highest BCUT2D eigenvalue weighted by atomic mass is 16.5. The van der Waals surface area contributed by atoms with Crippen LogP contribution in [-0.2, 0) is 0 Å². The van der Waals surface area contributed by atoms with Crippen LogP contribution in [0, 0.1) is 0 Å². The van der Waals surface area contributed by atoms with E-state index in [4.69, 9.17) is 9.47 Å². The molecule has 0 N–H and O–H groups in total. The van der Waals surface area contributed by atoms with Gasteiger partial charge in [0.2, 0.25) is 0 Å². The molecule has 25 heavy (non-hydrogen) atoms. The fraction of sp³-hybridized carbons (Fsp3) is 0.474. The number of methoxy groups -OCH3 is 2. The number of rotatable bonds is 5. The van der Waals surface area contributed by atoms with Gasteiger partial charge in [-0.2, -0.15) is 0 Å². The Kier molecular flexibility index (Phi) is 4.97. The minimum absolute atomic E-state index is 0.0262. The molecule has 1 aliphatic heterocycles. The zero-order valence-corrected chi connectivity index (χ0v) is 15.2. The lowest BCUT2D eigenvalue weighted by atomic mass is 10.0. The van der Waals surface area contributed by atoms with E-state index in [0.29, 0.717) is 5.69 Å². The standard InChI is InChI=1S/C19H25N3O3/c1-13(2)21-11-16(20-12-21)19(23)22-9-5-6-17(22)15-10-14(24-3)7-8-18(15)25-4/h7-8,10-13,17H,5-6,9H2,1-4H3/t17-/m1/s1. The number of hydrogen-bond acceptors (Lipinski definition) is 4. The van der Waals surface area contributed by atoms with Gasteiger partial charge in [0, 0.05) is 24.3 Å². The molecule has 1 atom stereocenters. The number of carbonyl (C=O) groups excluding carboxylic acids is 1. The molecule has 0 bridgehead atoms. The number of nitrogens with zero attached hydrogens (tertiary/aromatic N) is 3. The first-order chi connectivity index (χ1) is 12.0. The molecule has 1 aromatic carbocycles. The normalized spacial score (nSPS) is 17.2. The first-order valence-electron chi connectivity index (χ1n) is 8.61. The van der Waals surface area contributed by atoms with Gasteiger partial charge in [-0.05, 0) is 44.9 Å². The molecule has 1 fully saturated rings. The van der Waals surface area contributed by atoms with Gasteiger partial charge in [-0.25, -0.2) is 4.98 Å². The van der Waals surface area contributed by atoms with Crippen LogP contribution in [0.1, 0.15) is 54.8 Å². The molecule has 6 heteroatoms. The summed E-state index contributed by atoms with van der Waals surface area (Å²) in [5, 5.41) is 0. The molecule has 0 aliphatic carbocycles. The highest BCUT2D eigenvalue weighted by molar-refractivity contribution is 5.92. The molecule has 0 saturated carbocycles. The zero-order valence-electron chi connectivity index (χ0n) is 15.2. The quantitative estimate of drug-likeness (QED) is 0.834. The van der Waals surface area contributed by atoms with E-state index in [-0.39, 0.29) is 18.0 Å². The van der Waals surface area contributed by atoms with E-state index in [1.165, 1.54) is 0 Å². The average Bonchev–Trinajstić information content (AvgIpc) is 3.30. The van der Waals surface area contributed by atoms with Crippen molar-refractivity contribution >= 4 is 5.91 Å². The molecule has 134 valence electrons. The van der Waals surface area contributed by atoms with Gasteiger partial charge in [-0.15, -0.1) is 0 Å². The SMILES string of the molecule is COc1ccc(OC)c([C@H]2CCCN2C(=O)c2cn(C(C)C)cn2)c1. The third-order valence-corrected chi connectivity index (χ3v) is 4.73. The van der Waals surface area contributed by atoms with Gasteiger partial charge in [-0.1, -0.05) is 0 Å². The Morgan fingerprint density at radius 1 is 1.28 bits per heavy atom. The lowest BCUT2D eigenvalue weighted by Gasteiger charge is -2.26. The molecule has 1 amide bonds. The third kappa shape index (κ3) is 3.34. The molecule has 0 unspecified atom stereocenters. The molecular formula is C19H25N3O3. The Morgan fingerprint density at radius 2 is 2.08 bits per heavy atom. The lowest BCUT2D eigenvalue weighted by molar-refractivity contribution is 0.0728. The topological polar surface area (TPSA) is 56.6 Å². The van der Waals surface area contributed by atoms with Crippen LogP contribution in [0.25, 0.3) is 0 Å². The highest BCUT2D eigenvalue weighted by Gasteiger charge is 2.33. The van der Waals surface area contributed by atoms with Gasteiger partial charge in [0.1, 0.15) is 17.2 Å². The summed E-state index contributed by atoms with van der Waals surface area (Å²) in [4.78, 5) is 19.2. The van der Waals surface area contributed by atoms with Crippen LogP contribution in [0.4, 0.5) is 0 Å². The van der Waals surface area contributed by atoms with Crippen molar-refractivity contribution in [2.24, 2.45) is 0 Å². The Labute approximate surface area is 148 Å². The van der Waals surface area contributed by atoms with Crippen molar-refractivity contribution in [3.05, 3.63) is 42.0 Å². The third-order valence-electron chi connectivity index (χ3n) is 4.73. The maximum absolute atomic E-state index is 13.0. The molecule has 0 radical (unpaired) electrons. The highest BCUT2D eigenvalue weighted by Crippen LogP contribution is 2.39. The first-order valence-corrected chi connectivity index (χ1v) is 8.61. The molecule has 1 saturated heterocycles. The summed E-state index contributed by atoms with van der Waals surface area (Å²) in [6.45, 7) is 4.85. The Hall–Kier alpha value is -2.50. The number of imidazole rings is 1. The van der Waals surface area contributed by atoms with E-state index in [0.717, 1.165) is 36.4 Å². The molecule has 3 rings (SSSR count). The minimum Gasteiger partial charge on any atom is -0.497 e. The molecule has 2 aromatic rings. The van der Waals surface area contributed by atoms with Crippen molar-refractivity contribution in [3.8, 4) is 11.5 Å².